The molecule has 1 aromatic rings. The number of nitrogens with zero attached hydrogens (tertiary/aromatic N) is 2. The van der Waals surface area contributed by atoms with Crippen LogP contribution in [0.25, 0.3) is 0 Å². The summed E-state index contributed by atoms with van der Waals surface area (Å²) in [6, 6.07) is 1.92. The quantitative estimate of drug-likeness (QED) is 0.241. The van der Waals surface area contributed by atoms with Crippen LogP contribution in [0.15, 0.2) is 48.1 Å². The van der Waals surface area contributed by atoms with Crippen molar-refractivity contribution in [2.45, 2.75) is 49.1 Å². The van der Waals surface area contributed by atoms with Gasteiger partial charge < -0.3 is 9.47 Å². The van der Waals surface area contributed by atoms with Crippen LogP contribution in [0.4, 0.5) is 0 Å². The van der Waals surface area contributed by atoms with E-state index in [0.717, 1.165) is 34.5 Å². The molecule has 1 rings (SSSR count). The lowest BCUT2D eigenvalue weighted by atomic mass is 10.3. The Morgan fingerprint density at radius 1 is 1.09 bits per heavy atom. The van der Waals surface area contributed by atoms with Crippen LogP contribution in [0, 0.1) is 0 Å². The van der Waals surface area contributed by atoms with Crippen LogP contribution in [0.1, 0.15) is 26.7 Å². The summed E-state index contributed by atoms with van der Waals surface area (Å²) in [7, 11) is 0. The third-order valence-corrected chi connectivity index (χ3v) is 4.97. The van der Waals surface area contributed by atoms with E-state index in [1.165, 1.54) is 12.5 Å². The van der Waals surface area contributed by atoms with Gasteiger partial charge in [-0.05, 0) is 18.9 Å². The van der Waals surface area contributed by atoms with Crippen molar-refractivity contribution < 1.29 is 9.47 Å². The average Bonchev–Trinajstić information content (AvgIpc) is 2.55. The van der Waals surface area contributed by atoms with Crippen molar-refractivity contribution in [2.24, 2.45) is 0 Å². The van der Waals surface area contributed by atoms with Crippen molar-refractivity contribution in [2.75, 3.05) is 11.5 Å². The van der Waals surface area contributed by atoms with Gasteiger partial charge in [0.1, 0.15) is 17.2 Å². The second kappa shape index (κ2) is 11.4. The number of hydrogen-bond donors (Lipinski definition) is 0. The normalized spacial score (nSPS) is 13.2. The summed E-state index contributed by atoms with van der Waals surface area (Å²) in [6.45, 7) is 11.4. The highest BCUT2D eigenvalue weighted by atomic mass is 32.2. The first kappa shape index (κ1) is 18.9. The lowest BCUT2D eigenvalue weighted by Crippen LogP contribution is -2.12. The first-order chi connectivity index (χ1) is 10.7. The molecular weight excluding hydrogens is 316 g/mol. The molecule has 0 aromatic carbocycles. The molecule has 0 N–H and O–H groups in total. The van der Waals surface area contributed by atoms with Crippen molar-refractivity contribution in [3.63, 3.8) is 0 Å². The molecule has 1 heterocycles. The van der Waals surface area contributed by atoms with E-state index in [9.17, 15) is 0 Å². The SMILES string of the molecule is C=COC(CC)CSc1ccnc(SCC(CC)OC=C)n1. The van der Waals surface area contributed by atoms with E-state index in [1.807, 2.05) is 6.07 Å². The zero-order valence-electron chi connectivity index (χ0n) is 13.2. The molecule has 4 nitrogen and oxygen atoms in total. The van der Waals surface area contributed by atoms with Crippen LogP contribution in [-0.2, 0) is 9.47 Å². The second-order valence-corrected chi connectivity index (χ2v) is 6.49. The Bertz CT molecular complexity index is 420. The summed E-state index contributed by atoms with van der Waals surface area (Å²) in [5.74, 6) is 1.66. The van der Waals surface area contributed by atoms with Crippen LogP contribution >= 0.6 is 23.5 Å². The molecule has 0 saturated carbocycles. The monoisotopic (exact) mass is 340 g/mol. The Labute approximate surface area is 141 Å². The van der Waals surface area contributed by atoms with Crippen molar-refractivity contribution in [3.8, 4) is 0 Å². The van der Waals surface area contributed by atoms with Gasteiger partial charge in [0.15, 0.2) is 5.16 Å². The minimum Gasteiger partial charge on any atom is -0.498 e. The Kier molecular flexibility index (Phi) is 9.82. The van der Waals surface area contributed by atoms with Gasteiger partial charge in [-0.25, -0.2) is 9.97 Å². The van der Waals surface area contributed by atoms with E-state index in [4.69, 9.17) is 9.47 Å². The fraction of sp³-hybridized carbons (Fsp3) is 0.500. The van der Waals surface area contributed by atoms with Gasteiger partial charge in [-0.3, -0.25) is 0 Å². The molecule has 0 aliphatic rings. The molecule has 2 atom stereocenters. The molecule has 2 unspecified atom stereocenters. The summed E-state index contributed by atoms with van der Waals surface area (Å²) in [4.78, 5) is 8.86. The number of thioether (sulfide) groups is 2. The molecule has 0 aliphatic carbocycles. The van der Waals surface area contributed by atoms with Gasteiger partial charge >= 0.3 is 0 Å². The minimum absolute atomic E-state index is 0.146. The van der Waals surface area contributed by atoms with Gasteiger partial charge in [0.25, 0.3) is 0 Å². The van der Waals surface area contributed by atoms with E-state index in [2.05, 4.69) is 37.0 Å². The van der Waals surface area contributed by atoms with Gasteiger partial charge in [-0.2, -0.15) is 0 Å². The summed E-state index contributed by atoms with van der Waals surface area (Å²) >= 11 is 3.27. The maximum atomic E-state index is 5.43. The van der Waals surface area contributed by atoms with Gasteiger partial charge in [0, 0.05) is 17.7 Å². The smallest absolute Gasteiger partial charge is 0.188 e. The zero-order valence-corrected chi connectivity index (χ0v) is 14.9. The summed E-state index contributed by atoms with van der Waals surface area (Å²) in [5, 5.41) is 1.73. The third kappa shape index (κ3) is 7.22. The molecule has 0 fully saturated rings. The van der Waals surface area contributed by atoms with E-state index in [0.29, 0.717) is 0 Å². The maximum Gasteiger partial charge on any atom is 0.188 e. The van der Waals surface area contributed by atoms with Crippen LogP contribution in [-0.4, -0.2) is 33.7 Å². The van der Waals surface area contributed by atoms with Gasteiger partial charge in [-0.15, -0.1) is 11.8 Å². The number of aromatic nitrogens is 2. The average molecular weight is 341 g/mol. The predicted octanol–water partition coefficient (Wildman–Crippen LogP) is 4.54. The molecule has 0 amide bonds. The van der Waals surface area contributed by atoms with Crippen molar-refractivity contribution in [3.05, 3.63) is 37.9 Å². The van der Waals surface area contributed by atoms with Gasteiger partial charge in [0.05, 0.1) is 12.5 Å². The molecule has 0 radical (unpaired) electrons. The minimum atomic E-state index is 0.146. The Morgan fingerprint density at radius 3 is 2.23 bits per heavy atom. The van der Waals surface area contributed by atoms with Crippen LogP contribution in [0.3, 0.4) is 0 Å². The third-order valence-electron chi connectivity index (χ3n) is 2.91. The topological polar surface area (TPSA) is 44.2 Å². The number of rotatable bonds is 12. The van der Waals surface area contributed by atoms with Crippen molar-refractivity contribution in [1.29, 1.82) is 0 Å². The highest BCUT2D eigenvalue weighted by Crippen LogP contribution is 2.22. The highest BCUT2D eigenvalue weighted by molar-refractivity contribution is 7.99. The molecular formula is C16H24N2O2S2. The summed E-state index contributed by atoms with van der Waals surface area (Å²) in [5.41, 5.74) is 0. The molecule has 0 aliphatic heterocycles. The molecule has 0 saturated heterocycles. The summed E-state index contributed by atoms with van der Waals surface area (Å²) < 4.78 is 10.9. The maximum absolute atomic E-state index is 5.43. The van der Waals surface area contributed by atoms with Gasteiger partial charge in [0.2, 0.25) is 0 Å². The zero-order chi connectivity index (χ0) is 16.2. The van der Waals surface area contributed by atoms with E-state index in [1.54, 1.807) is 29.7 Å². The summed E-state index contributed by atoms with van der Waals surface area (Å²) in [6.07, 6.45) is 6.98. The fourth-order valence-corrected chi connectivity index (χ4v) is 3.58. The lowest BCUT2D eigenvalue weighted by molar-refractivity contribution is 0.163. The first-order valence-electron chi connectivity index (χ1n) is 7.34. The largest absolute Gasteiger partial charge is 0.498 e. The highest BCUT2D eigenvalue weighted by Gasteiger charge is 2.10. The second-order valence-electron chi connectivity index (χ2n) is 4.47. The number of hydrogen-bond acceptors (Lipinski definition) is 6. The van der Waals surface area contributed by atoms with Crippen molar-refractivity contribution in [1.82, 2.24) is 9.97 Å². The van der Waals surface area contributed by atoms with E-state index in [-0.39, 0.29) is 12.2 Å². The van der Waals surface area contributed by atoms with E-state index >= 15 is 0 Å². The van der Waals surface area contributed by atoms with Crippen LogP contribution in [0.5, 0.6) is 0 Å². The molecule has 6 heteroatoms. The van der Waals surface area contributed by atoms with Crippen molar-refractivity contribution >= 4 is 23.5 Å². The Balaban J connectivity index is 2.50. The molecule has 1 aromatic heterocycles. The van der Waals surface area contributed by atoms with Crippen LogP contribution < -0.4 is 0 Å². The lowest BCUT2D eigenvalue weighted by Gasteiger charge is -2.14. The molecule has 22 heavy (non-hydrogen) atoms. The Hall–Kier alpha value is -1.14. The van der Waals surface area contributed by atoms with E-state index < -0.39 is 0 Å². The van der Waals surface area contributed by atoms with Crippen LogP contribution in [0.2, 0.25) is 0 Å². The molecule has 122 valence electrons. The van der Waals surface area contributed by atoms with Gasteiger partial charge in [-0.1, -0.05) is 38.8 Å². The first-order valence-corrected chi connectivity index (χ1v) is 9.31. The molecule has 0 spiro atoms. The molecule has 0 bridgehead atoms. The predicted molar refractivity (Wildman–Crippen MR) is 94.2 cm³/mol. The fourth-order valence-electron chi connectivity index (χ4n) is 1.60. The Morgan fingerprint density at radius 2 is 1.68 bits per heavy atom. The number of ether oxygens (including phenoxy) is 2. The standard InChI is InChI=1S/C16H24N2O2S2/c1-5-13(19-7-3)11-21-15-9-10-17-16(18-15)22-12-14(6-2)20-8-4/h7-10,13-14H,3-6,11-12H2,1-2H3.